The SMILES string of the molecule is O=C(CNC(=O)c1ccccc1Br)N/N=C/c1c([N+](=O)[O-])cc([N+](=O)[O-])cc1[N+](=O)[O-]. The normalized spacial score (nSPS) is 10.5. The molecule has 2 rings (SSSR count). The molecule has 0 fully saturated rings. The zero-order valence-electron chi connectivity index (χ0n) is 15.2. The average molecular weight is 495 g/mol. The highest BCUT2D eigenvalue weighted by Crippen LogP contribution is 2.32. The highest BCUT2D eigenvalue weighted by Gasteiger charge is 2.29. The van der Waals surface area contributed by atoms with Crippen LogP contribution in [-0.2, 0) is 4.79 Å². The van der Waals surface area contributed by atoms with Crippen LogP contribution < -0.4 is 10.7 Å². The molecular weight excluding hydrogens is 484 g/mol. The van der Waals surface area contributed by atoms with Gasteiger partial charge in [-0.05, 0) is 28.1 Å². The summed E-state index contributed by atoms with van der Waals surface area (Å²) >= 11 is 3.19. The minimum absolute atomic E-state index is 0.274. The molecule has 31 heavy (non-hydrogen) atoms. The number of nitro benzene ring substituents is 3. The number of nitro groups is 3. The number of benzene rings is 2. The molecule has 15 heteroatoms. The smallest absolute Gasteiger partial charge is 0.292 e. The first kappa shape index (κ1) is 23.0. The molecule has 0 spiro atoms. The molecule has 2 aromatic rings. The molecule has 160 valence electrons. The standard InChI is InChI=1S/C16H11BrN6O8/c17-12-4-2-1-3-10(12)16(25)18-8-15(24)20-19-7-11-13(22(28)29)5-9(21(26)27)6-14(11)23(30)31/h1-7H,8H2,(H,18,25)(H,20,24)/b19-7+. The van der Waals surface area contributed by atoms with Gasteiger partial charge >= 0.3 is 0 Å². The maximum atomic E-state index is 12.0. The number of hydrogen-bond donors (Lipinski definition) is 2. The van der Waals surface area contributed by atoms with E-state index in [-0.39, 0.29) is 5.56 Å². The number of nitrogens with zero attached hydrogens (tertiary/aromatic N) is 4. The summed E-state index contributed by atoms with van der Waals surface area (Å²) in [5.41, 5.74) is -1.17. The number of non-ortho nitro benzene ring substituents is 1. The fourth-order valence-electron chi connectivity index (χ4n) is 2.26. The first-order valence-electron chi connectivity index (χ1n) is 8.07. The van der Waals surface area contributed by atoms with Crippen molar-refractivity contribution >= 4 is 51.0 Å². The van der Waals surface area contributed by atoms with E-state index in [9.17, 15) is 39.9 Å². The molecular formula is C16H11BrN6O8. The van der Waals surface area contributed by atoms with Crippen LogP contribution in [0.3, 0.4) is 0 Å². The average Bonchev–Trinajstić information content (AvgIpc) is 2.71. The van der Waals surface area contributed by atoms with E-state index in [2.05, 4.69) is 26.3 Å². The lowest BCUT2D eigenvalue weighted by Crippen LogP contribution is -2.35. The van der Waals surface area contributed by atoms with Crippen LogP contribution >= 0.6 is 15.9 Å². The summed E-state index contributed by atoms with van der Waals surface area (Å²) in [5, 5.41) is 38.9. The first-order valence-corrected chi connectivity index (χ1v) is 8.87. The Morgan fingerprint density at radius 2 is 1.58 bits per heavy atom. The van der Waals surface area contributed by atoms with Crippen molar-refractivity contribution in [1.82, 2.24) is 10.7 Å². The second kappa shape index (κ2) is 9.97. The van der Waals surface area contributed by atoms with Crippen LogP contribution in [0.15, 0.2) is 46.0 Å². The van der Waals surface area contributed by atoms with Gasteiger partial charge in [0.1, 0.15) is 0 Å². The summed E-state index contributed by atoms with van der Waals surface area (Å²) in [5.74, 6) is -1.39. The number of hydrogen-bond acceptors (Lipinski definition) is 9. The molecule has 2 N–H and O–H groups in total. The molecule has 14 nitrogen and oxygen atoms in total. The Kier molecular flexibility index (Phi) is 7.40. The largest absolute Gasteiger partial charge is 0.343 e. The number of amides is 2. The fraction of sp³-hybridized carbons (Fsp3) is 0.0625. The van der Waals surface area contributed by atoms with Crippen molar-refractivity contribution in [3.8, 4) is 0 Å². The first-order chi connectivity index (χ1) is 14.6. The van der Waals surface area contributed by atoms with Crippen molar-refractivity contribution in [1.29, 1.82) is 0 Å². The number of nitrogens with one attached hydrogen (secondary N) is 2. The van der Waals surface area contributed by atoms with Gasteiger partial charge in [0.25, 0.3) is 28.9 Å². The molecule has 2 amide bonds. The van der Waals surface area contributed by atoms with E-state index < -0.39 is 55.8 Å². The summed E-state index contributed by atoms with van der Waals surface area (Å²) in [4.78, 5) is 53.9. The molecule has 0 aromatic heterocycles. The second-order valence-electron chi connectivity index (χ2n) is 5.62. The lowest BCUT2D eigenvalue weighted by atomic mass is 10.1. The number of rotatable bonds is 8. The number of carbonyl (C=O) groups excluding carboxylic acids is 2. The summed E-state index contributed by atoms with van der Waals surface area (Å²) in [6.07, 6.45) is 0.619. The maximum absolute atomic E-state index is 12.0. The Morgan fingerprint density at radius 3 is 2.10 bits per heavy atom. The predicted octanol–water partition coefficient (Wildman–Crippen LogP) is 2.05. The molecule has 0 bridgehead atoms. The summed E-state index contributed by atoms with van der Waals surface area (Å²) in [6.45, 7) is -0.512. The third-order valence-electron chi connectivity index (χ3n) is 3.64. The van der Waals surface area contributed by atoms with Gasteiger partial charge in [-0.25, -0.2) is 5.43 Å². The number of halogens is 1. The van der Waals surface area contributed by atoms with Crippen molar-refractivity contribution in [2.75, 3.05) is 6.54 Å². The van der Waals surface area contributed by atoms with Crippen LogP contribution in [0, 0.1) is 30.3 Å². The van der Waals surface area contributed by atoms with Gasteiger partial charge in [-0.1, -0.05) is 12.1 Å². The molecule has 0 aliphatic carbocycles. The monoisotopic (exact) mass is 494 g/mol. The van der Waals surface area contributed by atoms with Gasteiger partial charge in [-0.2, -0.15) is 5.10 Å². The fourth-order valence-corrected chi connectivity index (χ4v) is 2.72. The summed E-state index contributed by atoms with van der Waals surface area (Å²) in [6, 6.07) is 7.53. The van der Waals surface area contributed by atoms with E-state index in [1.165, 1.54) is 6.07 Å². The van der Waals surface area contributed by atoms with Gasteiger partial charge in [0.2, 0.25) is 0 Å². The minimum Gasteiger partial charge on any atom is -0.343 e. The lowest BCUT2D eigenvalue weighted by Gasteiger charge is -2.05. The molecule has 0 atom stereocenters. The molecule has 2 aromatic carbocycles. The predicted molar refractivity (Wildman–Crippen MR) is 109 cm³/mol. The van der Waals surface area contributed by atoms with Crippen molar-refractivity contribution in [3.05, 3.63) is 82.3 Å². The van der Waals surface area contributed by atoms with Crippen LogP contribution in [0.1, 0.15) is 15.9 Å². The Hall–Kier alpha value is -4.27. The topological polar surface area (TPSA) is 200 Å². The Morgan fingerprint density at radius 1 is 1.00 bits per heavy atom. The molecule has 0 saturated carbocycles. The van der Waals surface area contributed by atoms with Gasteiger partial charge in [0.05, 0.1) is 45.2 Å². The number of hydrazone groups is 1. The van der Waals surface area contributed by atoms with E-state index in [1.807, 2.05) is 5.43 Å². The van der Waals surface area contributed by atoms with E-state index in [0.29, 0.717) is 22.8 Å². The third kappa shape index (κ3) is 5.86. The maximum Gasteiger partial charge on any atom is 0.292 e. The lowest BCUT2D eigenvalue weighted by molar-refractivity contribution is -0.403. The Labute approximate surface area is 180 Å². The second-order valence-corrected chi connectivity index (χ2v) is 6.48. The highest BCUT2D eigenvalue weighted by molar-refractivity contribution is 9.10. The van der Waals surface area contributed by atoms with Crippen LogP contribution in [0.4, 0.5) is 17.1 Å². The summed E-state index contributed by atoms with van der Waals surface area (Å²) in [7, 11) is 0. The Bertz CT molecular complexity index is 1080. The Balaban J connectivity index is 2.14. The van der Waals surface area contributed by atoms with Crippen molar-refractivity contribution < 1.29 is 24.4 Å². The van der Waals surface area contributed by atoms with Gasteiger partial charge < -0.3 is 5.32 Å². The zero-order valence-corrected chi connectivity index (χ0v) is 16.8. The van der Waals surface area contributed by atoms with E-state index in [4.69, 9.17) is 0 Å². The van der Waals surface area contributed by atoms with E-state index >= 15 is 0 Å². The van der Waals surface area contributed by atoms with E-state index in [0.717, 1.165) is 0 Å². The van der Waals surface area contributed by atoms with Crippen molar-refractivity contribution in [2.24, 2.45) is 5.10 Å². The van der Waals surface area contributed by atoms with E-state index in [1.54, 1.807) is 18.2 Å². The van der Waals surface area contributed by atoms with Gasteiger partial charge in [-0.15, -0.1) is 0 Å². The van der Waals surface area contributed by atoms with Crippen molar-refractivity contribution in [2.45, 2.75) is 0 Å². The van der Waals surface area contributed by atoms with Crippen LogP contribution in [0.5, 0.6) is 0 Å². The molecule has 0 aliphatic heterocycles. The molecule has 0 unspecified atom stereocenters. The van der Waals surface area contributed by atoms with Crippen LogP contribution in [0.25, 0.3) is 0 Å². The van der Waals surface area contributed by atoms with Crippen LogP contribution in [-0.4, -0.2) is 39.3 Å². The van der Waals surface area contributed by atoms with Gasteiger partial charge in [-0.3, -0.25) is 39.9 Å². The molecule has 0 radical (unpaired) electrons. The van der Waals surface area contributed by atoms with Crippen LogP contribution in [0.2, 0.25) is 0 Å². The molecule has 0 saturated heterocycles. The summed E-state index contributed by atoms with van der Waals surface area (Å²) < 4.78 is 0.503. The molecule has 0 aliphatic rings. The number of carbonyl (C=O) groups is 2. The quantitative estimate of drug-likeness (QED) is 0.315. The van der Waals surface area contributed by atoms with Gasteiger partial charge in [0, 0.05) is 4.47 Å². The minimum atomic E-state index is -1.05. The van der Waals surface area contributed by atoms with Crippen molar-refractivity contribution in [3.63, 3.8) is 0 Å². The molecule has 0 heterocycles. The van der Waals surface area contributed by atoms with Gasteiger partial charge in [0.15, 0.2) is 5.56 Å². The zero-order chi connectivity index (χ0) is 23.1. The third-order valence-corrected chi connectivity index (χ3v) is 4.33. The highest BCUT2D eigenvalue weighted by atomic mass is 79.9.